The van der Waals surface area contributed by atoms with Crippen molar-refractivity contribution in [3.8, 4) is 0 Å². The minimum absolute atomic E-state index is 0.0521. The number of hydrogen-bond donors (Lipinski definition) is 1. The summed E-state index contributed by atoms with van der Waals surface area (Å²) < 4.78 is 10.1. The molecule has 1 N–H and O–H groups in total. The van der Waals surface area contributed by atoms with Crippen LogP contribution >= 0.6 is 0 Å². The number of nitro benzene ring substituents is 1. The van der Waals surface area contributed by atoms with E-state index in [1.165, 1.54) is 17.0 Å². The van der Waals surface area contributed by atoms with Crippen molar-refractivity contribution in [3.63, 3.8) is 0 Å². The number of piperidine rings is 1. The number of ketones is 1. The Balaban J connectivity index is 1.27. The molecule has 2 heterocycles. The molecule has 1 aromatic carbocycles. The number of ether oxygens (including phenoxy) is 1. The number of nitrogens with zero attached hydrogens (tertiary/aromatic N) is 4. The second kappa shape index (κ2) is 11.2. The average molecular weight is 488 g/mol. The summed E-state index contributed by atoms with van der Waals surface area (Å²) >= 11 is 0. The van der Waals surface area contributed by atoms with Crippen molar-refractivity contribution in [2.75, 3.05) is 25.0 Å². The van der Waals surface area contributed by atoms with Crippen LogP contribution < -0.4 is 5.32 Å². The van der Waals surface area contributed by atoms with Crippen molar-refractivity contribution in [3.05, 3.63) is 22.2 Å². The molecule has 0 radical (unpaired) electrons. The van der Waals surface area contributed by atoms with Gasteiger partial charge in [0, 0.05) is 25.1 Å². The molecule has 1 unspecified atom stereocenters. The van der Waals surface area contributed by atoms with Gasteiger partial charge in [0.25, 0.3) is 5.91 Å². The zero-order valence-electron chi connectivity index (χ0n) is 19.4. The van der Waals surface area contributed by atoms with Gasteiger partial charge < -0.3 is 15.0 Å². The number of benzene rings is 1. The van der Waals surface area contributed by atoms with E-state index >= 15 is 0 Å². The number of Topliss-reactive ketones (excluding diaryl/α,β-unsaturated/α-hetero) is 1. The van der Waals surface area contributed by atoms with E-state index in [0.717, 1.165) is 44.9 Å². The number of nitro groups is 1. The number of esters is 1. The Morgan fingerprint density at radius 3 is 2.60 bits per heavy atom. The van der Waals surface area contributed by atoms with Gasteiger partial charge in [0.15, 0.2) is 5.52 Å². The van der Waals surface area contributed by atoms with Crippen molar-refractivity contribution in [2.24, 2.45) is 5.92 Å². The van der Waals surface area contributed by atoms with Crippen LogP contribution in [0.1, 0.15) is 57.8 Å². The van der Waals surface area contributed by atoms with Gasteiger partial charge in [-0.15, -0.1) is 0 Å². The predicted molar refractivity (Wildman–Crippen MR) is 123 cm³/mol. The Morgan fingerprint density at radius 2 is 1.83 bits per heavy atom. The number of likely N-dealkylation sites (tertiary alicyclic amines) is 1. The van der Waals surface area contributed by atoms with Crippen LogP contribution in [0.5, 0.6) is 0 Å². The van der Waals surface area contributed by atoms with Crippen LogP contribution in [-0.4, -0.2) is 63.5 Å². The van der Waals surface area contributed by atoms with Crippen molar-refractivity contribution in [2.45, 2.75) is 63.8 Å². The van der Waals surface area contributed by atoms with E-state index in [4.69, 9.17) is 4.74 Å². The van der Waals surface area contributed by atoms with E-state index in [1.54, 1.807) is 0 Å². The summed E-state index contributed by atoms with van der Waals surface area (Å²) in [6, 6.07) is 2.11. The molecule has 0 spiro atoms. The first kappa shape index (κ1) is 24.6. The van der Waals surface area contributed by atoms with Gasteiger partial charge in [-0.1, -0.05) is 19.3 Å². The molecule has 1 aliphatic heterocycles. The number of carbonyl (C=O) groups is 3. The summed E-state index contributed by atoms with van der Waals surface area (Å²) in [6.45, 7) is 0.912. The SMILES string of the molecule is O=C(C(=O)N1CCCCC1C(=O)OCCCNc1ccc([N+](=O)[O-])c2nonc12)C1CCCCC1. The molecule has 1 saturated heterocycles. The number of carbonyl (C=O) groups excluding carboxylic acids is 3. The number of rotatable bonds is 9. The van der Waals surface area contributed by atoms with Crippen molar-refractivity contribution >= 4 is 40.1 Å². The van der Waals surface area contributed by atoms with Crippen LogP contribution in [0.3, 0.4) is 0 Å². The lowest BCUT2D eigenvalue weighted by Crippen LogP contribution is -2.52. The third kappa shape index (κ3) is 5.57. The molecule has 0 bridgehead atoms. The summed E-state index contributed by atoms with van der Waals surface area (Å²) in [6.07, 6.45) is 7.00. The lowest BCUT2D eigenvalue weighted by molar-refractivity contribution is -0.383. The van der Waals surface area contributed by atoms with Gasteiger partial charge in [0.2, 0.25) is 11.3 Å². The van der Waals surface area contributed by atoms with Gasteiger partial charge in [-0.05, 0) is 54.9 Å². The molecule has 35 heavy (non-hydrogen) atoms. The minimum Gasteiger partial charge on any atom is -0.464 e. The molecule has 1 aromatic heterocycles. The first-order chi connectivity index (χ1) is 17.0. The van der Waals surface area contributed by atoms with E-state index in [1.807, 2.05) is 0 Å². The second-order valence-corrected chi connectivity index (χ2v) is 9.01. The van der Waals surface area contributed by atoms with Gasteiger partial charge in [0.1, 0.15) is 6.04 Å². The van der Waals surface area contributed by atoms with Crippen LogP contribution in [0.4, 0.5) is 11.4 Å². The number of fused-ring (bicyclic) bond motifs is 1. The highest BCUT2D eigenvalue weighted by Crippen LogP contribution is 2.29. The van der Waals surface area contributed by atoms with Crippen molar-refractivity contribution in [1.82, 2.24) is 15.2 Å². The molecule has 2 aliphatic rings. The fourth-order valence-electron chi connectivity index (χ4n) is 4.81. The molecule has 1 amide bonds. The number of aromatic nitrogens is 2. The summed E-state index contributed by atoms with van der Waals surface area (Å²) in [7, 11) is 0. The van der Waals surface area contributed by atoms with Gasteiger partial charge >= 0.3 is 11.7 Å². The van der Waals surface area contributed by atoms with E-state index in [9.17, 15) is 24.5 Å². The van der Waals surface area contributed by atoms with Gasteiger partial charge in [-0.25, -0.2) is 9.42 Å². The minimum atomic E-state index is -0.729. The zero-order valence-corrected chi connectivity index (χ0v) is 19.4. The predicted octanol–water partition coefficient (Wildman–Crippen LogP) is 3.01. The van der Waals surface area contributed by atoms with Crippen molar-refractivity contribution in [1.29, 1.82) is 0 Å². The highest BCUT2D eigenvalue weighted by molar-refractivity contribution is 6.37. The van der Waals surface area contributed by atoms with Crippen LogP contribution in [0.2, 0.25) is 0 Å². The number of anilines is 1. The maximum atomic E-state index is 12.9. The van der Waals surface area contributed by atoms with Crippen LogP contribution in [0, 0.1) is 16.0 Å². The van der Waals surface area contributed by atoms with Gasteiger partial charge in [0.05, 0.1) is 17.2 Å². The fourth-order valence-corrected chi connectivity index (χ4v) is 4.81. The zero-order chi connectivity index (χ0) is 24.8. The van der Waals surface area contributed by atoms with E-state index in [2.05, 4.69) is 20.3 Å². The topological polar surface area (TPSA) is 158 Å². The number of nitrogens with one attached hydrogen (secondary N) is 1. The standard InChI is InChI=1S/C23H29N5O7/c29-21(15-7-2-1-3-8-15)22(30)27-13-5-4-9-18(27)23(31)34-14-6-12-24-16-10-11-17(28(32)33)20-19(16)25-35-26-20/h10-11,15,18,24H,1-9,12-14H2. The highest BCUT2D eigenvalue weighted by Gasteiger charge is 2.38. The van der Waals surface area contributed by atoms with Crippen molar-refractivity contribution < 1.29 is 28.7 Å². The molecule has 1 saturated carbocycles. The van der Waals surface area contributed by atoms with Gasteiger partial charge in [-0.3, -0.25) is 19.7 Å². The summed E-state index contributed by atoms with van der Waals surface area (Å²) in [5.41, 5.74) is 0.615. The smallest absolute Gasteiger partial charge is 0.328 e. The van der Waals surface area contributed by atoms with E-state index < -0.39 is 22.8 Å². The third-order valence-electron chi connectivity index (χ3n) is 6.69. The number of amides is 1. The molecule has 2 aromatic rings. The van der Waals surface area contributed by atoms with Gasteiger partial charge in [-0.2, -0.15) is 0 Å². The number of non-ortho nitro benzene ring substituents is 1. The molecule has 4 rings (SSSR count). The average Bonchev–Trinajstić information content (AvgIpc) is 3.38. The Kier molecular flexibility index (Phi) is 7.88. The number of hydrogen-bond acceptors (Lipinski definition) is 10. The molecule has 1 aliphatic carbocycles. The van der Waals surface area contributed by atoms with Crippen LogP contribution in [0.15, 0.2) is 16.8 Å². The molecular weight excluding hydrogens is 458 g/mol. The van der Waals surface area contributed by atoms with E-state index in [0.29, 0.717) is 31.6 Å². The highest BCUT2D eigenvalue weighted by atomic mass is 16.6. The molecule has 2 fully saturated rings. The first-order valence-corrected chi connectivity index (χ1v) is 12.1. The quantitative estimate of drug-likeness (QED) is 0.183. The van der Waals surface area contributed by atoms with Crippen LogP contribution in [-0.2, 0) is 19.1 Å². The molecule has 12 heteroatoms. The largest absolute Gasteiger partial charge is 0.464 e. The molecule has 1 atom stereocenters. The Bertz CT molecular complexity index is 1100. The Hall–Kier alpha value is -3.57. The Labute approximate surface area is 201 Å². The fraction of sp³-hybridized carbons (Fsp3) is 0.609. The molecule has 12 nitrogen and oxygen atoms in total. The monoisotopic (exact) mass is 487 g/mol. The lowest BCUT2D eigenvalue weighted by atomic mass is 9.85. The Morgan fingerprint density at radius 1 is 1.09 bits per heavy atom. The second-order valence-electron chi connectivity index (χ2n) is 9.01. The maximum absolute atomic E-state index is 12.9. The molecule has 188 valence electrons. The first-order valence-electron chi connectivity index (χ1n) is 12.1. The summed E-state index contributed by atoms with van der Waals surface area (Å²) in [5.74, 6) is -1.64. The lowest BCUT2D eigenvalue weighted by Gasteiger charge is -2.34. The molecular formula is C23H29N5O7. The van der Waals surface area contributed by atoms with E-state index in [-0.39, 0.29) is 35.0 Å². The third-order valence-corrected chi connectivity index (χ3v) is 6.69. The summed E-state index contributed by atoms with van der Waals surface area (Å²) in [5, 5.41) is 21.5. The van der Waals surface area contributed by atoms with Crippen LogP contribution in [0.25, 0.3) is 11.0 Å². The summed E-state index contributed by atoms with van der Waals surface area (Å²) in [4.78, 5) is 50.3. The normalized spacial score (nSPS) is 18.9. The maximum Gasteiger partial charge on any atom is 0.328 e.